The molecule has 1 N–H and O–H groups in total. The van der Waals surface area contributed by atoms with Gasteiger partial charge in [-0.2, -0.15) is 0 Å². The van der Waals surface area contributed by atoms with Gasteiger partial charge in [0.15, 0.2) is 0 Å². The minimum absolute atomic E-state index is 0.148. The Morgan fingerprint density at radius 2 is 1.79 bits per heavy atom. The van der Waals surface area contributed by atoms with Gasteiger partial charge in [0, 0.05) is 27.0 Å². The summed E-state index contributed by atoms with van der Waals surface area (Å²) in [4.78, 5) is 26.2. The van der Waals surface area contributed by atoms with Crippen molar-refractivity contribution in [3.05, 3.63) is 58.1 Å². The summed E-state index contributed by atoms with van der Waals surface area (Å²) < 4.78 is 0. The molecule has 7 heteroatoms. The molecule has 2 aromatic rings. The summed E-state index contributed by atoms with van der Waals surface area (Å²) in [6.45, 7) is 1.80. The summed E-state index contributed by atoms with van der Waals surface area (Å²) >= 11 is 13.6. The lowest BCUT2D eigenvalue weighted by molar-refractivity contribution is -0.122. The minimum atomic E-state index is -1.14. The topological polar surface area (TPSA) is 49.4 Å². The maximum absolute atomic E-state index is 12.9. The number of rotatable bonds is 1. The first-order chi connectivity index (χ1) is 11.4. The normalized spacial score (nSPS) is 25.3. The highest BCUT2D eigenvalue weighted by molar-refractivity contribution is 8.03. The number of carbonyl (C=O) groups excluding carboxylic acids is 2. The van der Waals surface area contributed by atoms with Gasteiger partial charge in [0.25, 0.3) is 5.91 Å². The third kappa shape index (κ3) is 2.08. The molecule has 0 aliphatic carbocycles. The van der Waals surface area contributed by atoms with Crippen LogP contribution in [0.4, 0.5) is 11.4 Å². The highest BCUT2D eigenvalue weighted by Crippen LogP contribution is 2.56. The number of amides is 2. The summed E-state index contributed by atoms with van der Waals surface area (Å²) in [6, 6.07) is 12.3. The Balaban J connectivity index is 1.97. The van der Waals surface area contributed by atoms with Crippen LogP contribution < -0.4 is 10.2 Å². The van der Waals surface area contributed by atoms with Gasteiger partial charge in [-0.1, -0.05) is 41.4 Å². The van der Waals surface area contributed by atoms with Crippen LogP contribution in [0, 0.1) is 0 Å². The quantitative estimate of drug-likeness (QED) is 0.805. The molecule has 0 bridgehead atoms. The van der Waals surface area contributed by atoms with E-state index in [0.717, 1.165) is 11.3 Å². The second-order valence-electron chi connectivity index (χ2n) is 5.71. The minimum Gasteiger partial charge on any atom is -0.323 e. The molecule has 122 valence electrons. The average Bonchev–Trinajstić information content (AvgIpc) is 2.94. The Labute approximate surface area is 153 Å². The molecule has 0 aromatic heterocycles. The Morgan fingerprint density at radius 1 is 1.12 bits per heavy atom. The average molecular weight is 379 g/mol. The second-order valence-corrected chi connectivity index (χ2v) is 8.11. The van der Waals surface area contributed by atoms with Crippen molar-refractivity contribution < 1.29 is 9.59 Å². The number of nitrogens with zero attached hydrogens (tertiary/aromatic N) is 1. The van der Waals surface area contributed by atoms with Gasteiger partial charge >= 0.3 is 0 Å². The van der Waals surface area contributed by atoms with Crippen LogP contribution in [-0.2, 0) is 14.5 Å². The van der Waals surface area contributed by atoms with E-state index in [1.807, 2.05) is 24.3 Å². The predicted octanol–water partition coefficient (Wildman–Crippen LogP) is 4.27. The number of hydrogen-bond donors (Lipinski definition) is 1. The van der Waals surface area contributed by atoms with Crippen LogP contribution in [0.3, 0.4) is 0 Å². The highest BCUT2D eigenvalue weighted by Gasteiger charge is 2.60. The number of halogens is 2. The number of para-hydroxylation sites is 1. The first-order valence-electron chi connectivity index (χ1n) is 7.32. The third-order valence-corrected chi connectivity index (χ3v) is 6.10. The molecular weight excluding hydrogens is 367 g/mol. The predicted molar refractivity (Wildman–Crippen MR) is 97.8 cm³/mol. The zero-order chi connectivity index (χ0) is 17.1. The molecule has 0 unspecified atom stereocenters. The lowest BCUT2D eigenvalue weighted by Gasteiger charge is -2.32. The zero-order valence-corrected chi connectivity index (χ0v) is 14.9. The van der Waals surface area contributed by atoms with Crippen molar-refractivity contribution in [2.24, 2.45) is 0 Å². The molecule has 2 aliphatic heterocycles. The second kappa shape index (κ2) is 5.41. The number of fused-ring (bicyclic) bond motifs is 2. The number of benzene rings is 2. The van der Waals surface area contributed by atoms with E-state index in [2.05, 4.69) is 5.32 Å². The molecule has 4 nitrogen and oxygen atoms in total. The third-order valence-electron chi connectivity index (χ3n) is 4.18. The maximum Gasteiger partial charge on any atom is 0.266 e. The first-order valence-corrected chi connectivity index (χ1v) is 8.96. The molecule has 0 saturated carbocycles. The summed E-state index contributed by atoms with van der Waals surface area (Å²) in [5.74, 6) is -0.382. The Kier molecular flexibility index (Phi) is 3.56. The number of carbonyl (C=O) groups is 2. The molecule has 2 amide bonds. The standard InChI is InChI=1S/C17H12Cl2N2O2S/c1-9-15(22)21(12-7-10(18)6-11(19)8-12)17(24-9)13-4-2-3-5-14(13)20-16(17)23/h2-9H,1H3,(H,20,23)/t9-,17-/m0/s1. The Bertz CT molecular complexity index is 868. The van der Waals surface area contributed by atoms with Gasteiger partial charge in [0.2, 0.25) is 10.8 Å². The number of thioether (sulfide) groups is 1. The van der Waals surface area contributed by atoms with E-state index < -0.39 is 4.87 Å². The lowest BCUT2D eigenvalue weighted by Crippen LogP contribution is -2.47. The SMILES string of the molecule is C[C@@H]1S[C@@]2(C(=O)Nc3ccccc32)N(c2cc(Cl)cc(Cl)c2)C1=O. The molecule has 2 aliphatic rings. The fraction of sp³-hybridized carbons (Fsp3) is 0.176. The molecular formula is C17H12Cl2N2O2S. The van der Waals surface area contributed by atoms with Gasteiger partial charge in [0.1, 0.15) is 0 Å². The fourth-order valence-electron chi connectivity index (χ4n) is 3.23. The van der Waals surface area contributed by atoms with Gasteiger partial charge in [-0.3, -0.25) is 14.5 Å². The van der Waals surface area contributed by atoms with Crippen molar-refractivity contribution in [1.29, 1.82) is 0 Å². The van der Waals surface area contributed by atoms with Gasteiger partial charge in [-0.05, 0) is 31.2 Å². The molecule has 1 saturated heterocycles. The molecule has 24 heavy (non-hydrogen) atoms. The van der Waals surface area contributed by atoms with Crippen LogP contribution >= 0.6 is 35.0 Å². The lowest BCUT2D eigenvalue weighted by atomic mass is 10.0. The van der Waals surface area contributed by atoms with Crippen LogP contribution in [-0.4, -0.2) is 17.1 Å². The van der Waals surface area contributed by atoms with Crippen molar-refractivity contribution in [2.45, 2.75) is 17.0 Å². The Morgan fingerprint density at radius 3 is 2.50 bits per heavy atom. The van der Waals surface area contributed by atoms with Crippen LogP contribution in [0.25, 0.3) is 0 Å². The van der Waals surface area contributed by atoms with E-state index in [9.17, 15) is 9.59 Å². The Hall–Kier alpha value is -1.69. The smallest absolute Gasteiger partial charge is 0.266 e. The van der Waals surface area contributed by atoms with Crippen molar-refractivity contribution >= 4 is 58.2 Å². The van der Waals surface area contributed by atoms with E-state index in [1.165, 1.54) is 16.7 Å². The van der Waals surface area contributed by atoms with E-state index in [0.29, 0.717) is 15.7 Å². The van der Waals surface area contributed by atoms with Crippen LogP contribution in [0.2, 0.25) is 10.0 Å². The number of anilines is 2. The van der Waals surface area contributed by atoms with Gasteiger partial charge in [0.05, 0.1) is 5.25 Å². The van der Waals surface area contributed by atoms with Crippen LogP contribution in [0.15, 0.2) is 42.5 Å². The van der Waals surface area contributed by atoms with Crippen LogP contribution in [0.1, 0.15) is 12.5 Å². The highest BCUT2D eigenvalue weighted by atomic mass is 35.5. The molecule has 2 aromatic carbocycles. The van der Waals surface area contributed by atoms with E-state index in [1.54, 1.807) is 25.1 Å². The van der Waals surface area contributed by atoms with E-state index in [4.69, 9.17) is 23.2 Å². The van der Waals surface area contributed by atoms with Crippen molar-refractivity contribution in [3.8, 4) is 0 Å². The van der Waals surface area contributed by atoms with E-state index >= 15 is 0 Å². The monoisotopic (exact) mass is 378 g/mol. The molecule has 4 rings (SSSR count). The summed E-state index contributed by atoms with van der Waals surface area (Å²) in [5.41, 5.74) is 2.00. The van der Waals surface area contributed by atoms with Gasteiger partial charge < -0.3 is 5.32 Å². The largest absolute Gasteiger partial charge is 0.323 e. The molecule has 1 spiro atoms. The molecule has 2 atom stereocenters. The van der Waals surface area contributed by atoms with Crippen molar-refractivity contribution in [2.75, 3.05) is 10.2 Å². The summed E-state index contributed by atoms with van der Waals surface area (Å²) in [7, 11) is 0. The summed E-state index contributed by atoms with van der Waals surface area (Å²) in [6.07, 6.45) is 0. The number of nitrogens with one attached hydrogen (secondary N) is 1. The first kappa shape index (κ1) is 15.8. The maximum atomic E-state index is 12.9. The fourth-order valence-corrected chi connectivity index (χ4v) is 5.23. The molecule has 1 fully saturated rings. The molecule has 0 radical (unpaired) electrons. The number of hydrogen-bond acceptors (Lipinski definition) is 3. The van der Waals surface area contributed by atoms with E-state index in [-0.39, 0.29) is 17.1 Å². The van der Waals surface area contributed by atoms with Crippen molar-refractivity contribution in [3.63, 3.8) is 0 Å². The molecule has 2 heterocycles. The van der Waals surface area contributed by atoms with Crippen molar-refractivity contribution in [1.82, 2.24) is 0 Å². The van der Waals surface area contributed by atoms with Gasteiger partial charge in [-0.15, -0.1) is 11.8 Å². The van der Waals surface area contributed by atoms with Crippen LogP contribution in [0.5, 0.6) is 0 Å². The zero-order valence-electron chi connectivity index (χ0n) is 12.5. The summed E-state index contributed by atoms with van der Waals surface area (Å²) in [5, 5.41) is 3.35. The van der Waals surface area contributed by atoms with Gasteiger partial charge in [-0.25, -0.2) is 0 Å².